The van der Waals surface area contributed by atoms with E-state index >= 15 is 0 Å². The zero-order valence-corrected chi connectivity index (χ0v) is 15.0. The second-order valence-corrected chi connectivity index (χ2v) is 7.71. The normalized spacial score (nSPS) is 21.5. The van der Waals surface area contributed by atoms with Crippen LogP contribution in [0.1, 0.15) is 51.7 Å². The lowest BCUT2D eigenvalue weighted by molar-refractivity contribution is -0.133. The monoisotopic (exact) mass is 332 g/mol. The zero-order valence-electron chi connectivity index (χ0n) is 15.0. The first-order valence-electron chi connectivity index (χ1n) is 8.53. The molecule has 0 saturated carbocycles. The minimum Gasteiger partial charge on any atom is -0.383 e. The van der Waals surface area contributed by atoms with Crippen molar-refractivity contribution in [2.45, 2.75) is 58.6 Å². The summed E-state index contributed by atoms with van der Waals surface area (Å²) in [6, 6.07) is 7.18. The third-order valence-electron chi connectivity index (χ3n) is 4.53. The van der Waals surface area contributed by atoms with E-state index in [2.05, 4.69) is 10.6 Å². The minimum atomic E-state index is -1.04. The lowest BCUT2D eigenvalue weighted by atomic mass is 9.79. The Kier molecular flexibility index (Phi) is 5.33. The van der Waals surface area contributed by atoms with Gasteiger partial charge in [-0.1, -0.05) is 45.0 Å². The van der Waals surface area contributed by atoms with E-state index in [9.17, 15) is 14.7 Å². The van der Waals surface area contributed by atoms with E-state index in [-0.39, 0.29) is 18.4 Å². The van der Waals surface area contributed by atoms with Gasteiger partial charge in [-0.15, -0.1) is 0 Å². The van der Waals surface area contributed by atoms with Crippen LogP contribution in [-0.4, -0.2) is 29.5 Å². The number of hydrogen-bond acceptors (Lipinski definition) is 3. The van der Waals surface area contributed by atoms with Crippen molar-refractivity contribution in [1.82, 2.24) is 10.6 Å². The number of hydrogen-bond donors (Lipinski definition) is 3. The average molecular weight is 332 g/mol. The first kappa shape index (κ1) is 18.5. The third kappa shape index (κ3) is 4.15. The van der Waals surface area contributed by atoms with Crippen LogP contribution in [0.3, 0.4) is 0 Å². The summed E-state index contributed by atoms with van der Waals surface area (Å²) >= 11 is 0. The van der Waals surface area contributed by atoms with Crippen LogP contribution in [-0.2, 0) is 21.6 Å². The van der Waals surface area contributed by atoms with Crippen molar-refractivity contribution >= 4 is 11.8 Å². The number of benzene rings is 1. The Bertz CT molecular complexity index is 621. The second-order valence-electron chi connectivity index (χ2n) is 7.71. The quantitative estimate of drug-likeness (QED) is 0.788. The van der Waals surface area contributed by atoms with Gasteiger partial charge in [0.15, 0.2) is 0 Å². The summed E-state index contributed by atoms with van der Waals surface area (Å²) in [7, 11) is 0. The SMILES string of the molecule is CC(NC(=O)C(C)(C)C)C(=O)NCC1(O)CCCc2ccccc21. The van der Waals surface area contributed by atoms with Crippen LogP contribution in [0, 0.1) is 5.41 Å². The molecule has 0 heterocycles. The topological polar surface area (TPSA) is 78.4 Å². The summed E-state index contributed by atoms with van der Waals surface area (Å²) in [5.74, 6) is -0.462. The van der Waals surface area contributed by atoms with Gasteiger partial charge in [0, 0.05) is 5.41 Å². The molecule has 0 saturated heterocycles. The van der Waals surface area contributed by atoms with E-state index < -0.39 is 17.1 Å². The molecular weight excluding hydrogens is 304 g/mol. The van der Waals surface area contributed by atoms with Crippen molar-refractivity contribution in [1.29, 1.82) is 0 Å². The fourth-order valence-corrected chi connectivity index (χ4v) is 2.95. The maximum absolute atomic E-state index is 12.3. The number of aryl methyl sites for hydroxylation is 1. The number of aliphatic hydroxyl groups is 1. The molecule has 2 unspecified atom stereocenters. The molecule has 1 aromatic rings. The number of amides is 2. The van der Waals surface area contributed by atoms with Crippen molar-refractivity contribution in [3.05, 3.63) is 35.4 Å². The Labute approximate surface area is 143 Å². The molecule has 5 nitrogen and oxygen atoms in total. The summed E-state index contributed by atoms with van der Waals surface area (Å²) in [6.07, 6.45) is 2.46. The van der Waals surface area contributed by atoms with E-state index in [1.54, 1.807) is 27.7 Å². The highest BCUT2D eigenvalue weighted by molar-refractivity contribution is 5.89. The average Bonchev–Trinajstić information content (AvgIpc) is 2.52. The highest BCUT2D eigenvalue weighted by Crippen LogP contribution is 2.34. The molecule has 0 aliphatic heterocycles. The van der Waals surface area contributed by atoms with Crippen molar-refractivity contribution in [3.8, 4) is 0 Å². The van der Waals surface area contributed by atoms with Gasteiger partial charge in [-0.3, -0.25) is 9.59 Å². The molecule has 0 radical (unpaired) electrons. The fourth-order valence-electron chi connectivity index (χ4n) is 2.95. The highest BCUT2D eigenvalue weighted by Gasteiger charge is 2.35. The molecule has 5 heteroatoms. The van der Waals surface area contributed by atoms with Crippen LogP contribution in [0.2, 0.25) is 0 Å². The van der Waals surface area contributed by atoms with Gasteiger partial charge in [0.05, 0.1) is 6.54 Å². The molecule has 0 fully saturated rings. The molecule has 1 aromatic carbocycles. The van der Waals surface area contributed by atoms with Crippen LogP contribution in [0.4, 0.5) is 0 Å². The van der Waals surface area contributed by atoms with Gasteiger partial charge in [-0.05, 0) is 37.3 Å². The van der Waals surface area contributed by atoms with E-state index in [0.29, 0.717) is 6.42 Å². The predicted octanol–water partition coefficient (Wildman–Crippen LogP) is 1.88. The molecule has 1 aliphatic carbocycles. The van der Waals surface area contributed by atoms with Crippen molar-refractivity contribution < 1.29 is 14.7 Å². The largest absolute Gasteiger partial charge is 0.383 e. The summed E-state index contributed by atoms with van der Waals surface area (Å²) < 4.78 is 0. The standard InChI is InChI=1S/C19H28N2O3/c1-13(21-17(23)18(2,3)4)16(22)20-12-19(24)11-7-9-14-8-5-6-10-15(14)19/h5-6,8,10,13,24H,7,9,11-12H2,1-4H3,(H,20,22)(H,21,23). The molecule has 2 rings (SSSR count). The molecule has 1 aliphatic rings. The Morgan fingerprint density at radius 1 is 1.29 bits per heavy atom. The Morgan fingerprint density at radius 2 is 1.96 bits per heavy atom. The zero-order chi connectivity index (χ0) is 18.0. The van der Waals surface area contributed by atoms with Gasteiger partial charge in [0.1, 0.15) is 11.6 Å². The lowest BCUT2D eigenvalue weighted by Gasteiger charge is -2.35. The van der Waals surface area contributed by atoms with Gasteiger partial charge < -0.3 is 15.7 Å². The lowest BCUT2D eigenvalue weighted by Crippen LogP contribution is -2.51. The first-order valence-corrected chi connectivity index (χ1v) is 8.53. The molecule has 3 N–H and O–H groups in total. The molecule has 0 spiro atoms. The van der Waals surface area contributed by atoms with Crippen molar-refractivity contribution in [2.75, 3.05) is 6.54 Å². The molecule has 0 aromatic heterocycles. The van der Waals surface area contributed by atoms with Crippen LogP contribution in [0.5, 0.6) is 0 Å². The molecule has 132 valence electrons. The summed E-state index contributed by atoms with van der Waals surface area (Å²) in [6.45, 7) is 7.20. The first-order chi connectivity index (χ1) is 11.1. The Balaban J connectivity index is 1.98. The van der Waals surface area contributed by atoms with Crippen LogP contribution in [0.15, 0.2) is 24.3 Å². The van der Waals surface area contributed by atoms with Gasteiger partial charge in [0.25, 0.3) is 0 Å². The number of carbonyl (C=O) groups is 2. The Morgan fingerprint density at radius 3 is 2.62 bits per heavy atom. The number of nitrogens with one attached hydrogen (secondary N) is 2. The van der Waals surface area contributed by atoms with E-state index in [4.69, 9.17) is 0 Å². The smallest absolute Gasteiger partial charge is 0.242 e. The molecule has 2 amide bonds. The van der Waals surface area contributed by atoms with Gasteiger partial charge in [-0.2, -0.15) is 0 Å². The highest BCUT2D eigenvalue weighted by atomic mass is 16.3. The molecule has 2 atom stereocenters. The van der Waals surface area contributed by atoms with E-state index in [1.165, 1.54) is 0 Å². The van der Waals surface area contributed by atoms with Crippen LogP contribution < -0.4 is 10.6 Å². The molecule has 0 bridgehead atoms. The van der Waals surface area contributed by atoms with Crippen LogP contribution in [0.25, 0.3) is 0 Å². The summed E-state index contributed by atoms with van der Waals surface area (Å²) in [5, 5.41) is 16.5. The summed E-state index contributed by atoms with van der Waals surface area (Å²) in [5.41, 5.74) is 0.436. The third-order valence-corrected chi connectivity index (χ3v) is 4.53. The minimum absolute atomic E-state index is 0.151. The number of rotatable bonds is 4. The van der Waals surface area contributed by atoms with Gasteiger partial charge in [0.2, 0.25) is 11.8 Å². The number of carbonyl (C=O) groups excluding carboxylic acids is 2. The van der Waals surface area contributed by atoms with E-state index in [1.807, 2.05) is 24.3 Å². The van der Waals surface area contributed by atoms with Gasteiger partial charge >= 0.3 is 0 Å². The maximum atomic E-state index is 12.3. The maximum Gasteiger partial charge on any atom is 0.242 e. The predicted molar refractivity (Wildman–Crippen MR) is 93.3 cm³/mol. The van der Waals surface area contributed by atoms with Crippen molar-refractivity contribution in [2.24, 2.45) is 5.41 Å². The Hall–Kier alpha value is -1.88. The second kappa shape index (κ2) is 6.93. The van der Waals surface area contributed by atoms with Crippen molar-refractivity contribution in [3.63, 3.8) is 0 Å². The fraction of sp³-hybridized carbons (Fsp3) is 0.579. The molecular formula is C19H28N2O3. The van der Waals surface area contributed by atoms with Crippen LogP contribution >= 0.6 is 0 Å². The molecule has 24 heavy (non-hydrogen) atoms. The number of fused-ring (bicyclic) bond motifs is 1. The summed E-state index contributed by atoms with van der Waals surface area (Å²) in [4.78, 5) is 24.2. The van der Waals surface area contributed by atoms with E-state index in [0.717, 1.165) is 24.0 Å². The van der Waals surface area contributed by atoms with Gasteiger partial charge in [-0.25, -0.2) is 0 Å².